The molecule has 1 unspecified atom stereocenters. The molecule has 1 aromatic heterocycles. The second-order valence-electron chi connectivity index (χ2n) is 9.98. The third-order valence-electron chi connectivity index (χ3n) is 7.78. The Balaban J connectivity index is 1.34. The fraction of sp³-hybridized carbons (Fsp3) is 0.379. The van der Waals surface area contributed by atoms with E-state index in [-0.39, 0.29) is 17.7 Å². The van der Waals surface area contributed by atoms with Gasteiger partial charge in [0, 0.05) is 50.2 Å². The predicted molar refractivity (Wildman–Crippen MR) is 137 cm³/mol. The van der Waals surface area contributed by atoms with Gasteiger partial charge in [-0.2, -0.15) is 5.26 Å². The molecule has 184 valence electrons. The van der Waals surface area contributed by atoms with Gasteiger partial charge >= 0.3 is 0 Å². The van der Waals surface area contributed by atoms with Crippen LogP contribution in [0.2, 0.25) is 0 Å². The molecule has 1 fully saturated rings. The maximum atomic E-state index is 13.6. The lowest BCUT2D eigenvalue weighted by Gasteiger charge is -2.33. The molecule has 1 atom stereocenters. The maximum absolute atomic E-state index is 13.6. The van der Waals surface area contributed by atoms with E-state index in [1.54, 1.807) is 7.05 Å². The lowest BCUT2D eigenvalue weighted by atomic mass is 9.88. The standard InChI is InChI=1S/C29H31N5O2/c1-18-12-19(2)26(34-17-32-25-13-23(14-27(25)34)28(35)31-3)15-24(18)29(36)33-10-8-22(9-11-33)21-6-4-20(16-30)5-7-21/h4-7,12,15,17,22-23H,8-11,13-14H2,1-3H3,(H,31,35). The lowest BCUT2D eigenvalue weighted by molar-refractivity contribution is -0.124. The van der Waals surface area contributed by atoms with E-state index in [4.69, 9.17) is 5.26 Å². The minimum atomic E-state index is -0.0933. The number of carbonyl (C=O) groups excluding carboxylic acids is 2. The van der Waals surface area contributed by atoms with Crippen molar-refractivity contribution < 1.29 is 9.59 Å². The fourth-order valence-corrected chi connectivity index (χ4v) is 5.68. The first-order valence-electron chi connectivity index (χ1n) is 12.6. The molecule has 2 aromatic carbocycles. The Hall–Kier alpha value is -3.92. The molecule has 1 aliphatic heterocycles. The van der Waals surface area contributed by atoms with E-state index in [0.29, 0.717) is 37.4 Å². The summed E-state index contributed by atoms with van der Waals surface area (Å²) in [4.78, 5) is 32.3. The molecule has 0 bridgehead atoms. The number of nitrogens with one attached hydrogen (secondary N) is 1. The van der Waals surface area contributed by atoms with Crippen LogP contribution in [0.15, 0.2) is 42.7 Å². The highest BCUT2D eigenvalue weighted by Gasteiger charge is 2.32. The number of benzene rings is 2. The first-order chi connectivity index (χ1) is 17.4. The van der Waals surface area contributed by atoms with E-state index >= 15 is 0 Å². The van der Waals surface area contributed by atoms with E-state index < -0.39 is 0 Å². The third kappa shape index (κ3) is 4.28. The molecule has 2 aliphatic rings. The van der Waals surface area contributed by atoms with Crippen molar-refractivity contribution >= 4 is 11.8 Å². The van der Waals surface area contributed by atoms with Gasteiger partial charge in [-0.25, -0.2) is 4.98 Å². The second-order valence-corrected chi connectivity index (χ2v) is 9.98. The number of imidazole rings is 1. The van der Waals surface area contributed by atoms with Crippen molar-refractivity contribution in [1.82, 2.24) is 19.8 Å². The molecule has 2 heterocycles. The number of aryl methyl sites for hydroxylation is 2. The van der Waals surface area contributed by atoms with Crippen molar-refractivity contribution in [1.29, 1.82) is 5.26 Å². The Morgan fingerprint density at radius 1 is 1.06 bits per heavy atom. The Morgan fingerprint density at radius 3 is 2.44 bits per heavy atom. The van der Waals surface area contributed by atoms with Crippen molar-refractivity contribution in [2.75, 3.05) is 20.1 Å². The summed E-state index contributed by atoms with van der Waals surface area (Å²) < 4.78 is 2.06. The van der Waals surface area contributed by atoms with Crippen LogP contribution in [0.25, 0.3) is 5.69 Å². The summed E-state index contributed by atoms with van der Waals surface area (Å²) in [6.45, 7) is 5.46. The van der Waals surface area contributed by atoms with Crippen molar-refractivity contribution in [3.63, 3.8) is 0 Å². The van der Waals surface area contributed by atoms with E-state index in [9.17, 15) is 9.59 Å². The summed E-state index contributed by atoms with van der Waals surface area (Å²) >= 11 is 0. The van der Waals surface area contributed by atoms with Gasteiger partial charge < -0.3 is 14.8 Å². The molecular weight excluding hydrogens is 450 g/mol. The highest BCUT2D eigenvalue weighted by molar-refractivity contribution is 5.96. The van der Waals surface area contributed by atoms with Crippen molar-refractivity contribution in [2.24, 2.45) is 5.92 Å². The van der Waals surface area contributed by atoms with Crippen LogP contribution in [0.3, 0.4) is 0 Å². The van der Waals surface area contributed by atoms with Crippen LogP contribution in [0, 0.1) is 31.1 Å². The Labute approximate surface area is 211 Å². The predicted octanol–water partition coefficient (Wildman–Crippen LogP) is 3.84. The summed E-state index contributed by atoms with van der Waals surface area (Å²) in [6.07, 6.45) is 4.93. The van der Waals surface area contributed by atoms with E-state index in [1.165, 1.54) is 5.56 Å². The number of amides is 2. The van der Waals surface area contributed by atoms with Crippen LogP contribution >= 0.6 is 0 Å². The highest BCUT2D eigenvalue weighted by atomic mass is 16.2. The molecular formula is C29H31N5O2. The first-order valence-corrected chi connectivity index (χ1v) is 12.6. The molecule has 0 spiro atoms. The van der Waals surface area contributed by atoms with Crippen molar-refractivity contribution in [2.45, 2.75) is 45.4 Å². The van der Waals surface area contributed by atoms with Crippen molar-refractivity contribution in [3.05, 3.63) is 81.9 Å². The Kier molecular flexibility index (Phi) is 6.36. The number of hydrogen-bond acceptors (Lipinski definition) is 4. The molecule has 0 saturated carbocycles. The van der Waals surface area contributed by atoms with E-state index in [0.717, 1.165) is 46.6 Å². The minimum absolute atomic E-state index is 0.0421. The van der Waals surface area contributed by atoms with Crippen LogP contribution in [0.1, 0.15) is 62.8 Å². The molecule has 36 heavy (non-hydrogen) atoms. The lowest BCUT2D eigenvalue weighted by Crippen LogP contribution is -2.38. The summed E-state index contributed by atoms with van der Waals surface area (Å²) in [5.74, 6) is 0.412. The number of likely N-dealkylation sites (tertiary alicyclic amines) is 1. The zero-order chi connectivity index (χ0) is 25.4. The van der Waals surface area contributed by atoms with Gasteiger partial charge in [0.25, 0.3) is 5.91 Å². The van der Waals surface area contributed by atoms with E-state index in [1.807, 2.05) is 48.5 Å². The van der Waals surface area contributed by atoms with Gasteiger partial charge in [0.2, 0.25) is 5.91 Å². The van der Waals surface area contributed by atoms with Gasteiger partial charge in [-0.3, -0.25) is 9.59 Å². The highest BCUT2D eigenvalue weighted by Crippen LogP contribution is 2.32. The molecule has 2 amide bonds. The smallest absolute Gasteiger partial charge is 0.254 e. The number of hydrogen-bond donors (Lipinski definition) is 1. The quantitative estimate of drug-likeness (QED) is 0.613. The number of nitrogens with zero attached hydrogens (tertiary/aromatic N) is 4. The molecule has 3 aromatic rings. The monoisotopic (exact) mass is 481 g/mol. The molecule has 7 heteroatoms. The SMILES string of the molecule is CNC(=O)C1Cc2ncn(-c3cc(C(=O)N4CCC(c5ccc(C#N)cc5)CC4)c(C)cc3C)c2C1. The van der Waals surface area contributed by atoms with Gasteiger partial charge in [0.05, 0.1) is 29.3 Å². The average Bonchev–Trinajstić information content (AvgIpc) is 3.50. The normalized spacial score (nSPS) is 17.5. The fourth-order valence-electron chi connectivity index (χ4n) is 5.68. The van der Waals surface area contributed by atoms with Crippen LogP contribution in [0.5, 0.6) is 0 Å². The topological polar surface area (TPSA) is 91.0 Å². The molecule has 0 radical (unpaired) electrons. The summed E-state index contributed by atoms with van der Waals surface area (Å²) in [6, 6.07) is 14.0. The summed E-state index contributed by atoms with van der Waals surface area (Å²) in [5, 5.41) is 11.8. The third-order valence-corrected chi connectivity index (χ3v) is 7.78. The second kappa shape index (κ2) is 9.62. The minimum Gasteiger partial charge on any atom is -0.359 e. The molecule has 1 N–H and O–H groups in total. The number of rotatable bonds is 4. The summed E-state index contributed by atoms with van der Waals surface area (Å²) in [7, 11) is 1.67. The number of nitriles is 1. The van der Waals surface area contributed by atoms with Crippen LogP contribution in [-0.2, 0) is 17.6 Å². The average molecular weight is 482 g/mol. The Morgan fingerprint density at radius 2 is 1.78 bits per heavy atom. The number of carbonyl (C=O) groups is 2. The number of fused-ring (bicyclic) bond motifs is 1. The van der Waals surface area contributed by atoms with Gasteiger partial charge in [0.15, 0.2) is 0 Å². The number of aromatic nitrogens is 2. The zero-order valence-electron chi connectivity index (χ0n) is 21.0. The summed E-state index contributed by atoms with van der Waals surface area (Å²) in [5.41, 5.74) is 7.63. The van der Waals surface area contributed by atoms with E-state index in [2.05, 4.69) is 33.9 Å². The van der Waals surface area contributed by atoms with Crippen LogP contribution < -0.4 is 5.32 Å². The van der Waals surface area contributed by atoms with Crippen LogP contribution in [-0.4, -0.2) is 46.4 Å². The van der Waals surface area contributed by atoms with Gasteiger partial charge in [-0.15, -0.1) is 0 Å². The number of piperidine rings is 1. The van der Waals surface area contributed by atoms with Gasteiger partial charge in [-0.1, -0.05) is 18.2 Å². The molecule has 7 nitrogen and oxygen atoms in total. The first kappa shape index (κ1) is 23.8. The van der Waals surface area contributed by atoms with Gasteiger partial charge in [-0.05, 0) is 67.5 Å². The largest absolute Gasteiger partial charge is 0.359 e. The van der Waals surface area contributed by atoms with Crippen molar-refractivity contribution in [3.8, 4) is 11.8 Å². The molecule has 1 aliphatic carbocycles. The zero-order valence-corrected chi connectivity index (χ0v) is 21.0. The van der Waals surface area contributed by atoms with Gasteiger partial charge in [0.1, 0.15) is 0 Å². The Bertz CT molecular complexity index is 1360. The maximum Gasteiger partial charge on any atom is 0.254 e. The van der Waals surface area contributed by atoms with Crippen LogP contribution in [0.4, 0.5) is 0 Å². The molecule has 1 saturated heterocycles. The molecule has 5 rings (SSSR count).